The number of anilines is 1. The van der Waals surface area contributed by atoms with Crippen LogP contribution in [0.5, 0.6) is 0 Å². The minimum Gasteiger partial charge on any atom is -0.463 e. The van der Waals surface area contributed by atoms with Crippen molar-refractivity contribution in [1.82, 2.24) is 9.78 Å². The number of ether oxygens (including phenoxy) is 2. The normalized spacial score (nSPS) is 13.9. The van der Waals surface area contributed by atoms with Gasteiger partial charge >= 0.3 is 11.9 Å². The van der Waals surface area contributed by atoms with E-state index in [0.717, 1.165) is 11.3 Å². The van der Waals surface area contributed by atoms with E-state index < -0.39 is 17.9 Å². The Balaban J connectivity index is 1.85. The Hall–Kier alpha value is -4.62. The van der Waals surface area contributed by atoms with E-state index in [-0.39, 0.29) is 13.2 Å². The van der Waals surface area contributed by atoms with E-state index in [0.29, 0.717) is 44.5 Å². The fourth-order valence-corrected chi connectivity index (χ4v) is 5.66. The predicted octanol–water partition coefficient (Wildman–Crippen LogP) is 7.47. The van der Waals surface area contributed by atoms with E-state index in [1.165, 1.54) is 0 Å². The molecule has 0 saturated heterocycles. The van der Waals surface area contributed by atoms with E-state index in [1.807, 2.05) is 104 Å². The molecule has 0 aliphatic carbocycles. The largest absolute Gasteiger partial charge is 0.463 e. The molecule has 3 aromatic carbocycles. The summed E-state index contributed by atoms with van der Waals surface area (Å²) in [5.41, 5.74) is 5.47. The topological polar surface area (TPSA) is 73.7 Å². The number of esters is 2. The number of hydrogen-bond acceptors (Lipinski definition) is 6. The predicted molar refractivity (Wildman–Crippen MR) is 164 cm³/mol. The second kappa shape index (κ2) is 12.5. The highest BCUT2D eigenvalue weighted by atomic mass is 35.5. The zero-order valence-electron chi connectivity index (χ0n) is 24.0. The zero-order chi connectivity index (χ0) is 29.8. The molecule has 0 unspecified atom stereocenters. The van der Waals surface area contributed by atoms with Crippen LogP contribution in [0.3, 0.4) is 0 Å². The van der Waals surface area contributed by atoms with Crippen LogP contribution in [-0.2, 0) is 19.1 Å². The average molecular weight is 582 g/mol. The molecule has 1 aliphatic heterocycles. The number of hydrogen-bond donors (Lipinski definition) is 0. The molecular formula is C34H32ClN3O4. The highest BCUT2D eigenvalue weighted by molar-refractivity contribution is 6.33. The number of halogens is 1. The van der Waals surface area contributed by atoms with E-state index in [1.54, 1.807) is 24.6 Å². The summed E-state index contributed by atoms with van der Waals surface area (Å²) in [6.07, 6.45) is 1.88. The van der Waals surface area contributed by atoms with Crippen molar-refractivity contribution in [3.05, 3.63) is 124 Å². The van der Waals surface area contributed by atoms with E-state index >= 15 is 0 Å². The summed E-state index contributed by atoms with van der Waals surface area (Å²) in [7, 11) is 0. The summed E-state index contributed by atoms with van der Waals surface area (Å²) < 4.78 is 13.0. The van der Waals surface area contributed by atoms with Crippen LogP contribution in [-0.4, -0.2) is 34.9 Å². The number of carbonyl (C=O) groups is 2. The molecule has 0 atom stereocenters. The summed E-state index contributed by atoms with van der Waals surface area (Å²) in [5, 5.41) is 5.45. The van der Waals surface area contributed by atoms with Crippen molar-refractivity contribution in [2.45, 2.75) is 33.6 Å². The van der Waals surface area contributed by atoms with Gasteiger partial charge in [-0.3, -0.25) is 0 Å². The maximum absolute atomic E-state index is 13.9. The molecule has 0 saturated carbocycles. The molecule has 5 rings (SSSR count). The van der Waals surface area contributed by atoms with Crippen LogP contribution < -0.4 is 4.90 Å². The lowest BCUT2D eigenvalue weighted by atomic mass is 9.79. The fraction of sp³-hybridized carbons (Fsp3) is 0.206. The SMILES string of the molecule is CCOC(=O)C1=C(C)N(c2ccccc2Cl)C(C)=C(C(=O)OCC)C1c1cn(-c2ccccc2)nc1-c1ccccc1. The Morgan fingerprint density at radius 3 is 1.86 bits per heavy atom. The summed E-state index contributed by atoms with van der Waals surface area (Å²) in [4.78, 5) is 29.6. The molecule has 0 amide bonds. The Morgan fingerprint density at radius 1 is 0.786 bits per heavy atom. The molecule has 1 aliphatic rings. The molecule has 214 valence electrons. The van der Waals surface area contributed by atoms with Gasteiger partial charge in [0.1, 0.15) is 0 Å². The van der Waals surface area contributed by atoms with Crippen molar-refractivity contribution in [2.24, 2.45) is 0 Å². The summed E-state index contributed by atoms with van der Waals surface area (Å²) in [5.74, 6) is -1.88. The number of nitrogens with zero attached hydrogens (tertiary/aromatic N) is 3. The highest BCUT2D eigenvalue weighted by Gasteiger charge is 2.43. The molecule has 0 spiro atoms. The standard InChI is InChI=1S/C34H32ClN3O4/c1-5-41-33(39)29-22(3)38(28-20-14-13-19-27(28)35)23(4)30(34(40)42-6-2)31(29)26-21-37(25-17-11-8-12-18-25)36-32(26)24-15-9-7-10-16-24/h7-21,31H,5-6H2,1-4H3. The molecule has 1 aromatic heterocycles. The minimum absolute atomic E-state index is 0.167. The van der Waals surface area contributed by atoms with Gasteiger partial charge < -0.3 is 14.4 Å². The third-order valence-electron chi connectivity index (χ3n) is 7.23. The van der Waals surface area contributed by atoms with Crippen molar-refractivity contribution in [3.8, 4) is 16.9 Å². The summed E-state index contributed by atoms with van der Waals surface area (Å²) >= 11 is 6.66. The first kappa shape index (κ1) is 28.9. The Labute approximate surface area is 250 Å². The molecule has 4 aromatic rings. The Bertz CT molecular complexity index is 1630. The van der Waals surface area contributed by atoms with Gasteiger partial charge in [-0.25, -0.2) is 14.3 Å². The van der Waals surface area contributed by atoms with Gasteiger partial charge in [-0.15, -0.1) is 0 Å². The molecule has 0 N–H and O–H groups in total. The number of allylic oxidation sites excluding steroid dienone is 2. The van der Waals surface area contributed by atoms with Crippen molar-refractivity contribution < 1.29 is 19.1 Å². The van der Waals surface area contributed by atoms with Gasteiger partial charge in [-0.2, -0.15) is 5.10 Å². The van der Waals surface area contributed by atoms with Crippen LogP contribution in [0.15, 0.2) is 114 Å². The van der Waals surface area contributed by atoms with Crippen LogP contribution >= 0.6 is 11.6 Å². The highest BCUT2D eigenvalue weighted by Crippen LogP contribution is 2.48. The van der Waals surface area contributed by atoms with Gasteiger partial charge in [0.05, 0.1) is 52.4 Å². The van der Waals surface area contributed by atoms with Gasteiger partial charge in [0.2, 0.25) is 0 Å². The number of para-hydroxylation sites is 2. The van der Waals surface area contributed by atoms with Crippen LogP contribution in [0.1, 0.15) is 39.2 Å². The first-order chi connectivity index (χ1) is 20.4. The molecule has 0 bridgehead atoms. The van der Waals surface area contributed by atoms with Crippen molar-refractivity contribution >= 4 is 29.2 Å². The summed E-state index contributed by atoms with van der Waals surface area (Å²) in [6.45, 7) is 7.54. The molecule has 42 heavy (non-hydrogen) atoms. The first-order valence-corrected chi connectivity index (χ1v) is 14.3. The van der Waals surface area contributed by atoms with Gasteiger partial charge in [0, 0.05) is 28.7 Å². The van der Waals surface area contributed by atoms with Crippen LogP contribution in [0.4, 0.5) is 5.69 Å². The molecule has 0 fully saturated rings. The van der Waals surface area contributed by atoms with Crippen LogP contribution in [0.25, 0.3) is 16.9 Å². The quantitative estimate of drug-likeness (QED) is 0.201. The second-order valence-electron chi connectivity index (χ2n) is 9.74. The zero-order valence-corrected chi connectivity index (χ0v) is 24.8. The number of rotatable bonds is 8. The van der Waals surface area contributed by atoms with Gasteiger partial charge in [0.25, 0.3) is 0 Å². The van der Waals surface area contributed by atoms with Crippen molar-refractivity contribution in [1.29, 1.82) is 0 Å². The average Bonchev–Trinajstić information content (AvgIpc) is 3.44. The third-order valence-corrected chi connectivity index (χ3v) is 7.55. The van der Waals surface area contributed by atoms with Crippen molar-refractivity contribution in [3.63, 3.8) is 0 Å². The number of aromatic nitrogens is 2. The Kier molecular flexibility index (Phi) is 8.59. The Morgan fingerprint density at radius 2 is 1.31 bits per heavy atom. The van der Waals surface area contributed by atoms with E-state index in [9.17, 15) is 9.59 Å². The lowest BCUT2D eigenvalue weighted by molar-refractivity contribution is -0.139. The first-order valence-electron chi connectivity index (χ1n) is 13.9. The molecule has 0 radical (unpaired) electrons. The van der Waals surface area contributed by atoms with Crippen molar-refractivity contribution in [2.75, 3.05) is 18.1 Å². The third kappa shape index (κ3) is 5.35. The fourth-order valence-electron chi connectivity index (χ4n) is 5.44. The van der Waals surface area contributed by atoms with Gasteiger partial charge in [-0.1, -0.05) is 72.3 Å². The van der Waals surface area contributed by atoms with Gasteiger partial charge in [0.15, 0.2) is 0 Å². The van der Waals surface area contributed by atoms with Gasteiger partial charge in [-0.05, 0) is 52.0 Å². The lowest BCUT2D eigenvalue weighted by Crippen LogP contribution is -2.35. The summed E-state index contributed by atoms with van der Waals surface area (Å²) in [6, 6.07) is 26.7. The maximum Gasteiger partial charge on any atom is 0.336 e. The number of benzene rings is 3. The van der Waals surface area contributed by atoms with E-state index in [2.05, 4.69) is 0 Å². The maximum atomic E-state index is 13.9. The van der Waals surface area contributed by atoms with Crippen LogP contribution in [0.2, 0.25) is 5.02 Å². The van der Waals surface area contributed by atoms with E-state index in [4.69, 9.17) is 26.2 Å². The minimum atomic E-state index is -0.825. The lowest BCUT2D eigenvalue weighted by Gasteiger charge is -2.38. The molecular weight excluding hydrogens is 550 g/mol. The second-order valence-corrected chi connectivity index (χ2v) is 10.1. The molecule has 2 heterocycles. The molecule has 8 heteroatoms. The molecule has 7 nitrogen and oxygen atoms in total. The number of carbonyl (C=O) groups excluding carboxylic acids is 2. The smallest absolute Gasteiger partial charge is 0.336 e. The monoisotopic (exact) mass is 581 g/mol. The van der Waals surface area contributed by atoms with Crippen LogP contribution in [0, 0.1) is 0 Å².